The van der Waals surface area contributed by atoms with Crippen LogP contribution in [0.2, 0.25) is 0 Å². The standard InChI is InChI=1S/C5H4Cl2O3/c6-1-2-3(7)5(9)10-4(2)8/h4,8H,1H2/t4-/m1/s1. The summed E-state index contributed by atoms with van der Waals surface area (Å²) in [7, 11) is 0. The molecule has 0 aliphatic carbocycles. The zero-order valence-electron chi connectivity index (χ0n) is 4.80. The van der Waals surface area contributed by atoms with E-state index in [-0.39, 0.29) is 16.5 Å². The number of aliphatic hydroxyl groups is 1. The van der Waals surface area contributed by atoms with Gasteiger partial charge in [-0.05, 0) is 0 Å². The van der Waals surface area contributed by atoms with Gasteiger partial charge in [0, 0.05) is 5.57 Å². The molecule has 1 atom stereocenters. The average Bonchev–Trinajstić information content (AvgIpc) is 2.09. The second-order valence-corrected chi connectivity index (χ2v) is 2.38. The van der Waals surface area contributed by atoms with Gasteiger partial charge in [-0.25, -0.2) is 4.79 Å². The van der Waals surface area contributed by atoms with Gasteiger partial charge in [-0.1, -0.05) is 11.6 Å². The lowest BCUT2D eigenvalue weighted by Gasteiger charge is -2.01. The second-order valence-electron chi connectivity index (χ2n) is 1.73. The van der Waals surface area contributed by atoms with Crippen LogP contribution < -0.4 is 0 Å². The Morgan fingerprint density at radius 1 is 1.70 bits per heavy atom. The molecule has 56 valence electrons. The molecule has 1 heterocycles. The summed E-state index contributed by atoms with van der Waals surface area (Å²) in [5, 5.41) is 8.75. The highest BCUT2D eigenvalue weighted by atomic mass is 35.5. The fourth-order valence-electron chi connectivity index (χ4n) is 0.588. The van der Waals surface area contributed by atoms with E-state index in [0.717, 1.165) is 0 Å². The molecule has 0 saturated carbocycles. The first kappa shape index (κ1) is 7.85. The Balaban J connectivity index is 2.90. The smallest absolute Gasteiger partial charge is 0.352 e. The number of hydrogen-bond donors (Lipinski definition) is 1. The van der Waals surface area contributed by atoms with E-state index in [1.165, 1.54) is 0 Å². The SMILES string of the molecule is O=C1O[C@@H](O)C(CCl)=C1Cl. The molecule has 10 heavy (non-hydrogen) atoms. The summed E-state index contributed by atoms with van der Waals surface area (Å²) >= 11 is 10.7. The summed E-state index contributed by atoms with van der Waals surface area (Å²) in [6.45, 7) is 0. The summed E-state index contributed by atoms with van der Waals surface area (Å²) in [5.74, 6) is -0.712. The number of cyclic esters (lactones) is 1. The molecule has 0 aromatic heterocycles. The Bertz CT molecular complexity index is 199. The molecule has 1 rings (SSSR count). The van der Waals surface area contributed by atoms with Crippen molar-refractivity contribution in [1.29, 1.82) is 0 Å². The van der Waals surface area contributed by atoms with Crippen LogP contribution in [-0.4, -0.2) is 23.2 Å². The van der Waals surface area contributed by atoms with Crippen LogP contribution in [0.4, 0.5) is 0 Å². The fourth-order valence-corrected chi connectivity index (χ4v) is 1.13. The Kier molecular flexibility index (Phi) is 2.18. The van der Waals surface area contributed by atoms with Crippen molar-refractivity contribution in [3.05, 3.63) is 10.6 Å². The van der Waals surface area contributed by atoms with E-state index in [4.69, 9.17) is 28.3 Å². The number of hydrogen-bond acceptors (Lipinski definition) is 3. The molecule has 1 N–H and O–H groups in total. The topological polar surface area (TPSA) is 46.5 Å². The second kappa shape index (κ2) is 2.78. The molecule has 0 fully saturated rings. The maximum absolute atomic E-state index is 10.5. The molecule has 5 heteroatoms. The average molecular weight is 183 g/mol. The summed E-state index contributed by atoms with van der Waals surface area (Å²) < 4.78 is 4.30. The number of alkyl halides is 1. The Hall–Kier alpha value is -0.250. The van der Waals surface area contributed by atoms with Crippen LogP contribution in [0.1, 0.15) is 0 Å². The normalized spacial score (nSPS) is 25.5. The number of aliphatic hydroxyl groups excluding tert-OH is 1. The van der Waals surface area contributed by atoms with E-state index < -0.39 is 12.3 Å². The van der Waals surface area contributed by atoms with E-state index in [9.17, 15) is 4.79 Å². The molecule has 0 bridgehead atoms. The van der Waals surface area contributed by atoms with Crippen molar-refractivity contribution in [2.45, 2.75) is 6.29 Å². The zero-order chi connectivity index (χ0) is 7.72. The van der Waals surface area contributed by atoms with Crippen LogP contribution >= 0.6 is 23.2 Å². The van der Waals surface area contributed by atoms with Gasteiger partial charge in [0.15, 0.2) is 0 Å². The van der Waals surface area contributed by atoms with E-state index in [1.54, 1.807) is 0 Å². The third kappa shape index (κ3) is 1.12. The van der Waals surface area contributed by atoms with Gasteiger partial charge in [0.1, 0.15) is 5.03 Å². The van der Waals surface area contributed by atoms with E-state index >= 15 is 0 Å². The molecule has 3 nitrogen and oxygen atoms in total. The molecular weight excluding hydrogens is 179 g/mol. The minimum Gasteiger partial charge on any atom is -0.427 e. The van der Waals surface area contributed by atoms with Gasteiger partial charge in [-0.15, -0.1) is 11.6 Å². The van der Waals surface area contributed by atoms with Crippen LogP contribution in [0.25, 0.3) is 0 Å². The first-order chi connectivity index (χ1) is 4.66. The van der Waals surface area contributed by atoms with E-state index in [1.807, 2.05) is 0 Å². The van der Waals surface area contributed by atoms with Crippen LogP contribution in [0, 0.1) is 0 Å². The first-order valence-corrected chi connectivity index (χ1v) is 3.41. The summed E-state index contributed by atoms with van der Waals surface area (Å²) in [4.78, 5) is 10.5. The van der Waals surface area contributed by atoms with Crippen LogP contribution in [0.15, 0.2) is 10.6 Å². The Morgan fingerprint density at radius 2 is 2.30 bits per heavy atom. The highest BCUT2D eigenvalue weighted by Crippen LogP contribution is 2.24. The van der Waals surface area contributed by atoms with Crippen LogP contribution in [-0.2, 0) is 9.53 Å². The lowest BCUT2D eigenvalue weighted by Crippen LogP contribution is -2.10. The minimum absolute atomic E-state index is 0.00569. The van der Waals surface area contributed by atoms with Gasteiger partial charge >= 0.3 is 5.97 Å². The molecule has 1 aliphatic heterocycles. The highest BCUT2D eigenvalue weighted by molar-refractivity contribution is 6.42. The fraction of sp³-hybridized carbons (Fsp3) is 0.400. The molecule has 0 spiro atoms. The van der Waals surface area contributed by atoms with Gasteiger partial charge in [-0.3, -0.25) is 0 Å². The number of rotatable bonds is 1. The molecule has 0 unspecified atom stereocenters. The number of carbonyl (C=O) groups is 1. The van der Waals surface area contributed by atoms with E-state index in [0.29, 0.717) is 0 Å². The predicted molar refractivity (Wildman–Crippen MR) is 35.7 cm³/mol. The quantitative estimate of drug-likeness (QED) is 0.478. The maximum atomic E-state index is 10.5. The maximum Gasteiger partial charge on any atom is 0.352 e. The van der Waals surface area contributed by atoms with Crippen molar-refractivity contribution in [1.82, 2.24) is 0 Å². The Labute approximate surface area is 67.2 Å². The third-order valence-electron chi connectivity index (χ3n) is 1.12. The van der Waals surface area contributed by atoms with Crippen molar-refractivity contribution in [2.24, 2.45) is 0 Å². The molecular formula is C5H4Cl2O3. The summed E-state index contributed by atoms with van der Waals surface area (Å²) in [5.41, 5.74) is 0.230. The molecule has 1 aliphatic rings. The highest BCUT2D eigenvalue weighted by Gasteiger charge is 2.30. The summed E-state index contributed by atoms with van der Waals surface area (Å²) in [6, 6.07) is 0. The van der Waals surface area contributed by atoms with Gasteiger partial charge in [0.25, 0.3) is 0 Å². The van der Waals surface area contributed by atoms with Crippen molar-refractivity contribution >= 4 is 29.2 Å². The van der Waals surface area contributed by atoms with Crippen molar-refractivity contribution in [2.75, 3.05) is 5.88 Å². The van der Waals surface area contributed by atoms with Crippen molar-refractivity contribution < 1.29 is 14.6 Å². The minimum atomic E-state index is -1.25. The first-order valence-electron chi connectivity index (χ1n) is 2.50. The van der Waals surface area contributed by atoms with Gasteiger partial charge in [0.05, 0.1) is 5.88 Å². The van der Waals surface area contributed by atoms with Gasteiger partial charge in [-0.2, -0.15) is 0 Å². The zero-order valence-corrected chi connectivity index (χ0v) is 6.32. The molecule has 0 aromatic carbocycles. The van der Waals surface area contributed by atoms with Crippen molar-refractivity contribution in [3.63, 3.8) is 0 Å². The van der Waals surface area contributed by atoms with Crippen LogP contribution in [0.3, 0.4) is 0 Å². The largest absolute Gasteiger partial charge is 0.427 e. The number of carbonyl (C=O) groups excluding carboxylic acids is 1. The summed E-state index contributed by atoms with van der Waals surface area (Å²) in [6.07, 6.45) is -1.25. The number of ether oxygens (including phenoxy) is 1. The Morgan fingerprint density at radius 3 is 2.50 bits per heavy atom. The van der Waals surface area contributed by atoms with E-state index in [2.05, 4.69) is 4.74 Å². The molecule has 0 saturated heterocycles. The molecule has 0 aromatic rings. The lowest BCUT2D eigenvalue weighted by molar-refractivity contribution is -0.151. The van der Waals surface area contributed by atoms with Crippen LogP contribution in [0.5, 0.6) is 0 Å². The lowest BCUT2D eigenvalue weighted by atomic mass is 10.3. The third-order valence-corrected chi connectivity index (χ3v) is 1.81. The van der Waals surface area contributed by atoms with Crippen molar-refractivity contribution in [3.8, 4) is 0 Å². The molecule has 0 radical (unpaired) electrons. The molecule has 0 amide bonds. The van der Waals surface area contributed by atoms with Gasteiger partial charge in [0.2, 0.25) is 6.29 Å². The monoisotopic (exact) mass is 182 g/mol. The number of halogens is 2. The van der Waals surface area contributed by atoms with Gasteiger partial charge < -0.3 is 9.84 Å². The predicted octanol–water partition coefficient (Wildman–Crippen LogP) is 0.593. The number of esters is 1.